The highest BCUT2D eigenvalue weighted by molar-refractivity contribution is 5.79. The van der Waals surface area contributed by atoms with E-state index in [0.717, 1.165) is 32.3 Å². The average molecular weight is 211 g/mol. The molecule has 2 atom stereocenters. The maximum Gasteiger partial charge on any atom is 0.226 e. The molecule has 0 aromatic carbocycles. The molecule has 2 rings (SSSR count). The minimum Gasteiger partial charge on any atom is -0.377 e. The van der Waals surface area contributed by atoms with Crippen molar-refractivity contribution in [1.29, 1.82) is 0 Å². The number of carbonyl (C=O) groups excluding carboxylic acids is 1. The first-order chi connectivity index (χ1) is 7.31. The van der Waals surface area contributed by atoms with Gasteiger partial charge in [0.25, 0.3) is 0 Å². The molecule has 0 radical (unpaired) electrons. The van der Waals surface area contributed by atoms with Gasteiger partial charge in [-0.15, -0.1) is 0 Å². The van der Waals surface area contributed by atoms with Crippen molar-refractivity contribution >= 4 is 5.91 Å². The van der Waals surface area contributed by atoms with E-state index in [4.69, 9.17) is 4.74 Å². The van der Waals surface area contributed by atoms with Gasteiger partial charge in [-0.1, -0.05) is 19.8 Å². The second kappa shape index (κ2) is 4.97. The molecule has 3 heteroatoms. The second-order valence-corrected chi connectivity index (χ2v) is 4.70. The Kier molecular flexibility index (Phi) is 3.62. The van der Waals surface area contributed by atoms with Crippen molar-refractivity contribution in [3.05, 3.63) is 0 Å². The Labute approximate surface area is 91.6 Å². The van der Waals surface area contributed by atoms with E-state index in [1.54, 1.807) is 0 Å². The molecular weight excluding hydrogens is 190 g/mol. The molecule has 1 N–H and O–H groups in total. The van der Waals surface area contributed by atoms with Crippen LogP contribution in [0.2, 0.25) is 0 Å². The number of rotatable bonds is 3. The minimum absolute atomic E-state index is 0.107. The zero-order valence-corrected chi connectivity index (χ0v) is 9.50. The van der Waals surface area contributed by atoms with Crippen molar-refractivity contribution in [3.8, 4) is 0 Å². The third kappa shape index (κ3) is 2.51. The first kappa shape index (κ1) is 10.9. The van der Waals surface area contributed by atoms with Crippen molar-refractivity contribution in [2.24, 2.45) is 5.92 Å². The highest BCUT2D eigenvalue weighted by Gasteiger charge is 2.33. The molecule has 1 heterocycles. The molecule has 2 aliphatic rings. The monoisotopic (exact) mass is 211 g/mol. The molecule has 0 aromatic heterocycles. The fourth-order valence-electron chi connectivity index (χ4n) is 2.73. The number of ether oxygens (including phenoxy) is 1. The minimum atomic E-state index is 0.107. The summed E-state index contributed by atoms with van der Waals surface area (Å²) in [5.74, 6) is 0.335. The quantitative estimate of drug-likeness (QED) is 0.773. The smallest absolute Gasteiger partial charge is 0.226 e. The summed E-state index contributed by atoms with van der Waals surface area (Å²) in [6, 6.07) is 0.440. The van der Waals surface area contributed by atoms with Crippen LogP contribution in [0.5, 0.6) is 0 Å². The molecule has 15 heavy (non-hydrogen) atoms. The highest BCUT2D eigenvalue weighted by Crippen LogP contribution is 2.25. The van der Waals surface area contributed by atoms with Gasteiger partial charge in [-0.25, -0.2) is 0 Å². The van der Waals surface area contributed by atoms with Crippen LogP contribution in [0.25, 0.3) is 0 Å². The lowest BCUT2D eigenvalue weighted by molar-refractivity contribution is -0.127. The third-order valence-electron chi connectivity index (χ3n) is 3.65. The Balaban J connectivity index is 1.83. The zero-order valence-electron chi connectivity index (χ0n) is 9.50. The Hall–Kier alpha value is -0.570. The summed E-state index contributed by atoms with van der Waals surface area (Å²) < 4.78 is 5.54. The van der Waals surface area contributed by atoms with E-state index in [1.807, 2.05) is 0 Å². The number of hydrogen-bond donors (Lipinski definition) is 1. The van der Waals surface area contributed by atoms with Crippen molar-refractivity contribution in [2.45, 2.75) is 57.6 Å². The van der Waals surface area contributed by atoms with Crippen molar-refractivity contribution in [3.63, 3.8) is 0 Å². The summed E-state index contributed by atoms with van der Waals surface area (Å²) in [6.45, 7) is 2.84. The van der Waals surface area contributed by atoms with Crippen molar-refractivity contribution in [1.82, 2.24) is 5.32 Å². The lowest BCUT2D eigenvalue weighted by Crippen LogP contribution is -2.40. The molecular formula is C12H21NO2. The summed E-state index contributed by atoms with van der Waals surface area (Å²) in [5.41, 5.74) is 0. The number of hydrogen-bond acceptors (Lipinski definition) is 2. The molecule has 2 unspecified atom stereocenters. The van der Waals surface area contributed by atoms with Gasteiger partial charge in [-0.3, -0.25) is 4.79 Å². The maximum absolute atomic E-state index is 12.0. The molecule has 86 valence electrons. The zero-order chi connectivity index (χ0) is 10.7. The summed E-state index contributed by atoms with van der Waals surface area (Å²) in [5, 5.41) is 3.17. The molecule has 1 saturated heterocycles. The summed E-state index contributed by atoms with van der Waals surface area (Å²) >= 11 is 0. The molecule has 0 bridgehead atoms. The predicted molar refractivity (Wildman–Crippen MR) is 58.5 cm³/mol. The largest absolute Gasteiger partial charge is 0.377 e. The first-order valence-electron chi connectivity index (χ1n) is 6.23. The van der Waals surface area contributed by atoms with Crippen LogP contribution in [0.15, 0.2) is 0 Å². The van der Waals surface area contributed by atoms with Crippen molar-refractivity contribution < 1.29 is 9.53 Å². The van der Waals surface area contributed by atoms with Gasteiger partial charge < -0.3 is 10.1 Å². The van der Waals surface area contributed by atoms with Crippen LogP contribution in [-0.2, 0) is 9.53 Å². The highest BCUT2D eigenvalue weighted by atomic mass is 16.5. The van der Waals surface area contributed by atoms with Gasteiger partial charge in [0, 0.05) is 12.6 Å². The van der Waals surface area contributed by atoms with Crippen LogP contribution >= 0.6 is 0 Å². The Morgan fingerprint density at radius 3 is 2.73 bits per heavy atom. The summed E-state index contributed by atoms with van der Waals surface area (Å²) in [6.07, 6.45) is 6.87. The van der Waals surface area contributed by atoms with Gasteiger partial charge in [0.05, 0.1) is 12.0 Å². The fraction of sp³-hybridized carbons (Fsp3) is 0.917. The van der Waals surface area contributed by atoms with E-state index in [-0.39, 0.29) is 17.9 Å². The van der Waals surface area contributed by atoms with Crippen LogP contribution < -0.4 is 5.32 Å². The first-order valence-corrected chi connectivity index (χ1v) is 6.23. The van der Waals surface area contributed by atoms with Crippen LogP contribution in [0.1, 0.15) is 45.4 Å². The molecule has 1 aliphatic carbocycles. The fourth-order valence-corrected chi connectivity index (χ4v) is 2.73. The van der Waals surface area contributed by atoms with Gasteiger partial charge in [0.15, 0.2) is 0 Å². The van der Waals surface area contributed by atoms with Gasteiger partial charge in [-0.2, -0.15) is 0 Å². The molecule has 3 nitrogen and oxygen atoms in total. The lowest BCUT2D eigenvalue weighted by Gasteiger charge is -2.19. The normalized spacial score (nSPS) is 32.1. The Morgan fingerprint density at radius 2 is 2.07 bits per heavy atom. The van der Waals surface area contributed by atoms with E-state index in [2.05, 4.69) is 12.2 Å². The molecule has 1 amide bonds. The van der Waals surface area contributed by atoms with E-state index in [9.17, 15) is 4.79 Å². The molecule has 1 aliphatic heterocycles. The lowest BCUT2D eigenvalue weighted by atomic mass is 9.98. The van der Waals surface area contributed by atoms with Gasteiger partial charge in [0.2, 0.25) is 5.91 Å². The predicted octanol–water partition coefficient (Wildman–Crippen LogP) is 1.86. The molecule has 2 fully saturated rings. The van der Waals surface area contributed by atoms with Crippen LogP contribution in [0.3, 0.4) is 0 Å². The molecule has 0 aromatic rings. The summed E-state index contributed by atoms with van der Waals surface area (Å²) in [4.78, 5) is 12.0. The van der Waals surface area contributed by atoms with Gasteiger partial charge in [0.1, 0.15) is 0 Å². The second-order valence-electron chi connectivity index (χ2n) is 4.70. The van der Waals surface area contributed by atoms with E-state index in [0.29, 0.717) is 6.04 Å². The van der Waals surface area contributed by atoms with Gasteiger partial charge >= 0.3 is 0 Å². The van der Waals surface area contributed by atoms with E-state index >= 15 is 0 Å². The number of amides is 1. The summed E-state index contributed by atoms with van der Waals surface area (Å²) in [7, 11) is 0. The standard InChI is InChI=1S/C12H21NO2/c1-2-11-10(7-8-15-11)12(14)13-9-5-3-4-6-9/h9-11H,2-8H2,1H3,(H,13,14). The Morgan fingerprint density at radius 1 is 1.33 bits per heavy atom. The SMILES string of the molecule is CCC1OCCC1C(=O)NC1CCCC1. The topological polar surface area (TPSA) is 38.3 Å². The third-order valence-corrected chi connectivity index (χ3v) is 3.65. The van der Waals surface area contributed by atoms with E-state index < -0.39 is 0 Å². The number of carbonyl (C=O) groups is 1. The van der Waals surface area contributed by atoms with Crippen LogP contribution in [-0.4, -0.2) is 24.7 Å². The number of nitrogens with one attached hydrogen (secondary N) is 1. The molecule has 1 saturated carbocycles. The Bertz CT molecular complexity index is 224. The molecule has 0 spiro atoms. The van der Waals surface area contributed by atoms with Gasteiger partial charge in [-0.05, 0) is 25.7 Å². The van der Waals surface area contributed by atoms with Crippen LogP contribution in [0, 0.1) is 5.92 Å². The van der Waals surface area contributed by atoms with Crippen molar-refractivity contribution in [2.75, 3.05) is 6.61 Å². The maximum atomic E-state index is 12.0. The van der Waals surface area contributed by atoms with E-state index in [1.165, 1.54) is 12.8 Å². The average Bonchev–Trinajstić information content (AvgIpc) is 2.86. The van der Waals surface area contributed by atoms with Crippen LogP contribution in [0.4, 0.5) is 0 Å².